The molecule has 2 rings (SSSR count). The number of amides is 1. The SMILES string of the molecule is O=C(O)C[C@@H](NC(=O)C1CCC1)c1ccccc1. The summed E-state index contributed by atoms with van der Waals surface area (Å²) in [5.74, 6) is -0.848. The maximum absolute atomic E-state index is 11.9. The Hall–Kier alpha value is -1.84. The summed E-state index contributed by atoms with van der Waals surface area (Å²) in [6.45, 7) is 0. The average molecular weight is 247 g/mol. The van der Waals surface area contributed by atoms with E-state index >= 15 is 0 Å². The molecule has 1 aromatic carbocycles. The zero-order valence-corrected chi connectivity index (χ0v) is 10.1. The first kappa shape index (κ1) is 12.6. The van der Waals surface area contributed by atoms with Crippen molar-refractivity contribution in [1.82, 2.24) is 5.32 Å². The van der Waals surface area contributed by atoms with E-state index in [4.69, 9.17) is 5.11 Å². The minimum absolute atomic E-state index is 0.0173. The fourth-order valence-corrected chi connectivity index (χ4v) is 2.07. The maximum atomic E-state index is 11.9. The second-order valence-electron chi connectivity index (χ2n) is 4.70. The molecule has 0 aromatic heterocycles. The lowest BCUT2D eigenvalue weighted by Gasteiger charge is -2.27. The van der Waals surface area contributed by atoms with Gasteiger partial charge in [0.15, 0.2) is 0 Å². The standard InChI is InChI=1S/C14H17NO3/c16-13(17)9-12(10-5-2-1-3-6-10)15-14(18)11-7-4-8-11/h1-3,5-6,11-12H,4,7-9H2,(H,15,18)(H,16,17)/t12-/m1/s1. The van der Waals surface area contributed by atoms with E-state index in [9.17, 15) is 9.59 Å². The van der Waals surface area contributed by atoms with E-state index in [1.54, 1.807) is 0 Å². The quantitative estimate of drug-likeness (QED) is 0.837. The largest absolute Gasteiger partial charge is 0.481 e. The number of hydrogen-bond acceptors (Lipinski definition) is 2. The third-order valence-corrected chi connectivity index (χ3v) is 3.37. The van der Waals surface area contributed by atoms with Crippen molar-refractivity contribution >= 4 is 11.9 Å². The molecular formula is C14H17NO3. The fraction of sp³-hybridized carbons (Fsp3) is 0.429. The normalized spacial score (nSPS) is 16.7. The summed E-state index contributed by atoms with van der Waals surface area (Å²) in [6, 6.07) is 8.81. The molecule has 0 bridgehead atoms. The first-order chi connectivity index (χ1) is 8.66. The molecule has 1 aromatic rings. The second-order valence-corrected chi connectivity index (χ2v) is 4.70. The van der Waals surface area contributed by atoms with Gasteiger partial charge in [0.1, 0.15) is 0 Å². The highest BCUT2D eigenvalue weighted by Gasteiger charge is 2.27. The Kier molecular flexibility index (Phi) is 3.97. The Balaban J connectivity index is 2.05. The molecule has 1 aliphatic carbocycles. The Morgan fingerprint density at radius 3 is 2.44 bits per heavy atom. The molecule has 0 aliphatic heterocycles. The fourth-order valence-electron chi connectivity index (χ4n) is 2.07. The van der Waals surface area contributed by atoms with Crippen LogP contribution in [0.25, 0.3) is 0 Å². The number of aliphatic carboxylic acids is 1. The highest BCUT2D eigenvalue weighted by atomic mass is 16.4. The van der Waals surface area contributed by atoms with E-state index in [-0.39, 0.29) is 18.2 Å². The number of carbonyl (C=O) groups is 2. The van der Waals surface area contributed by atoms with Crippen LogP contribution in [0.2, 0.25) is 0 Å². The first-order valence-corrected chi connectivity index (χ1v) is 6.24. The molecule has 2 N–H and O–H groups in total. The van der Waals surface area contributed by atoms with Crippen LogP contribution in [-0.2, 0) is 9.59 Å². The monoisotopic (exact) mass is 247 g/mol. The van der Waals surface area contributed by atoms with Gasteiger partial charge < -0.3 is 10.4 Å². The lowest BCUT2D eigenvalue weighted by molar-refractivity contribution is -0.138. The summed E-state index contributed by atoms with van der Waals surface area (Å²) >= 11 is 0. The van der Waals surface area contributed by atoms with E-state index < -0.39 is 12.0 Å². The topological polar surface area (TPSA) is 66.4 Å². The molecule has 1 fully saturated rings. The number of carboxylic acids is 1. The third-order valence-electron chi connectivity index (χ3n) is 3.37. The van der Waals surface area contributed by atoms with E-state index in [0.717, 1.165) is 24.8 Å². The Morgan fingerprint density at radius 1 is 1.28 bits per heavy atom. The molecule has 0 radical (unpaired) electrons. The van der Waals surface area contributed by atoms with Crippen molar-refractivity contribution in [1.29, 1.82) is 0 Å². The van der Waals surface area contributed by atoms with Crippen molar-refractivity contribution in [2.24, 2.45) is 5.92 Å². The van der Waals surface area contributed by atoms with Gasteiger partial charge in [0.2, 0.25) is 5.91 Å². The highest BCUT2D eigenvalue weighted by Crippen LogP contribution is 2.27. The van der Waals surface area contributed by atoms with Crippen molar-refractivity contribution in [3.63, 3.8) is 0 Å². The maximum Gasteiger partial charge on any atom is 0.305 e. The molecule has 18 heavy (non-hydrogen) atoms. The molecule has 1 atom stereocenters. The average Bonchev–Trinajstić information content (AvgIpc) is 2.26. The Morgan fingerprint density at radius 2 is 1.94 bits per heavy atom. The highest BCUT2D eigenvalue weighted by molar-refractivity contribution is 5.80. The minimum atomic E-state index is -0.905. The predicted molar refractivity (Wildman–Crippen MR) is 66.9 cm³/mol. The Labute approximate surface area is 106 Å². The number of benzene rings is 1. The lowest BCUT2D eigenvalue weighted by atomic mass is 9.84. The van der Waals surface area contributed by atoms with Crippen LogP contribution in [0.15, 0.2) is 30.3 Å². The predicted octanol–water partition coefficient (Wildman–Crippen LogP) is 2.12. The van der Waals surface area contributed by atoms with Gasteiger partial charge in [-0.1, -0.05) is 36.8 Å². The second kappa shape index (κ2) is 5.67. The molecule has 4 heteroatoms. The minimum Gasteiger partial charge on any atom is -0.481 e. The van der Waals surface area contributed by atoms with Crippen LogP contribution < -0.4 is 5.32 Å². The molecule has 1 amide bonds. The van der Waals surface area contributed by atoms with Gasteiger partial charge >= 0.3 is 5.97 Å². The van der Waals surface area contributed by atoms with Crippen molar-refractivity contribution in [3.8, 4) is 0 Å². The summed E-state index contributed by atoms with van der Waals surface area (Å²) < 4.78 is 0. The molecular weight excluding hydrogens is 230 g/mol. The summed E-state index contributed by atoms with van der Waals surface area (Å²) in [5.41, 5.74) is 0.840. The van der Waals surface area contributed by atoms with Crippen molar-refractivity contribution < 1.29 is 14.7 Å². The van der Waals surface area contributed by atoms with Crippen molar-refractivity contribution in [2.75, 3.05) is 0 Å². The summed E-state index contributed by atoms with van der Waals surface area (Å²) in [6.07, 6.45) is 2.84. The molecule has 1 saturated carbocycles. The van der Waals surface area contributed by atoms with Crippen molar-refractivity contribution in [3.05, 3.63) is 35.9 Å². The van der Waals surface area contributed by atoms with Crippen LogP contribution in [0, 0.1) is 5.92 Å². The van der Waals surface area contributed by atoms with Crippen LogP contribution in [0.5, 0.6) is 0 Å². The van der Waals surface area contributed by atoms with E-state index in [2.05, 4.69) is 5.32 Å². The number of carbonyl (C=O) groups excluding carboxylic acids is 1. The number of carboxylic acid groups (broad SMARTS) is 1. The zero-order chi connectivity index (χ0) is 13.0. The lowest BCUT2D eigenvalue weighted by Crippen LogP contribution is -2.37. The molecule has 4 nitrogen and oxygen atoms in total. The molecule has 0 saturated heterocycles. The molecule has 0 unspecified atom stereocenters. The molecule has 0 spiro atoms. The Bertz CT molecular complexity index is 426. The molecule has 1 aliphatic rings. The van der Waals surface area contributed by atoms with Gasteiger partial charge in [-0.15, -0.1) is 0 Å². The van der Waals surface area contributed by atoms with E-state index in [0.29, 0.717) is 0 Å². The van der Waals surface area contributed by atoms with Gasteiger partial charge in [-0.25, -0.2) is 0 Å². The smallest absolute Gasteiger partial charge is 0.305 e. The number of rotatable bonds is 5. The van der Waals surface area contributed by atoms with Crippen LogP contribution in [0.4, 0.5) is 0 Å². The van der Waals surface area contributed by atoms with Crippen molar-refractivity contribution in [2.45, 2.75) is 31.7 Å². The third kappa shape index (κ3) is 3.09. The van der Waals surface area contributed by atoms with Crippen LogP contribution in [-0.4, -0.2) is 17.0 Å². The van der Waals surface area contributed by atoms with Gasteiger partial charge in [0.25, 0.3) is 0 Å². The summed E-state index contributed by atoms with van der Waals surface area (Å²) in [7, 11) is 0. The van der Waals surface area contributed by atoms with Crippen LogP contribution in [0.3, 0.4) is 0 Å². The number of hydrogen-bond donors (Lipinski definition) is 2. The van der Waals surface area contributed by atoms with Gasteiger partial charge in [-0.2, -0.15) is 0 Å². The van der Waals surface area contributed by atoms with E-state index in [1.807, 2.05) is 30.3 Å². The zero-order valence-electron chi connectivity index (χ0n) is 10.1. The van der Waals surface area contributed by atoms with Gasteiger partial charge in [0.05, 0.1) is 12.5 Å². The van der Waals surface area contributed by atoms with Gasteiger partial charge in [-0.05, 0) is 18.4 Å². The summed E-state index contributed by atoms with van der Waals surface area (Å²) in [4.78, 5) is 22.8. The molecule has 96 valence electrons. The first-order valence-electron chi connectivity index (χ1n) is 6.24. The van der Waals surface area contributed by atoms with E-state index in [1.165, 1.54) is 0 Å². The molecule has 0 heterocycles. The van der Waals surface area contributed by atoms with Gasteiger partial charge in [-0.3, -0.25) is 9.59 Å². The van der Waals surface area contributed by atoms with Crippen LogP contribution in [0.1, 0.15) is 37.3 Å². The number of nitrogens with one attached hydrogen (secondary N) is 1. The van der Waals surface area contributed by atoms with Gasteiger partial charge in [0, 0.05) is 5.92 Å². The van der Waals surface area contributed by atoms with Crippen LogP contribution >= 0.6 is 0 Å². The summed E-state index contributed by atoms with van der Waals surface area (Å²) in [5, 5.41) is 11.8.